The van der Waals surface area contributed by atoms with Crippen molar-refractivity contribution in [2.45, 2.75) is 47.0 Å². The number of nitrogens with zero attached hydrogens (tertiary/aromatic N) is 1. The van der Waals surface area contributed by atoms with Crippen molar-refractivity contribution in [1.29, 1.82) is 0 Å². The number of ether oxygens (including phenoxy) is 2. The minimum Gasteiger partial charge on any atom is -0.494 e. The Balaban J connectivity index is 1.87. The molecule has 2 aromatic carbocycles. The van der Waals surface area contributed by atoms with E-state index in [2.05, 4.69) is 12.2 Å². The molecule has 0 atom stereocenters. The largest absolute Gasteiger partial charge is 0.494 e. The van der Waals surface area contributed by atoms with E-state index >= 15 is 0 Å². The Morgan fingerprint density at radius 2 is 1.64 bits per heavy atom. The molecule has 0 saturated carbocycles. The van der Waals surface area contributed by atoms with Crippen molar-refractivity contribution in [1.82, 2.24) is 4.90 Å². The minimum absolute atomic E-state index is 0.287. The molecular formula is C27H34N2O4. The van der Waals surface area contributed by atoms with Crippen LogP contribution in [0.25, 0.3) is 5.57 Å². The summed E-state index contributed by atoms with van der Waals surface area (Å²) >= 11 is 0. The predicted molar refractivity (Wildman–Crippen MR) is 131 cm³/mol. The molecule has 6 nitrogen and oxygen atoms in total. The van der Waals surface area contributed by atoms with E-state index in [1.165, 1.54) is 4.90 Å². The van der Waals surface area contributed by atoms with E-state index in [4.69, 9.17) is 9.47 Å². The standard InChI is InChI=1S/C27H34N2O4/c1-5-7-16-32-17-8-15-29-26(30)24(21-11-13-22(14-12-21)33-6-2)25(27(29)31)28-23-18-19(3)9-10-20(23)4/h9-14,18,28H,5-8,15-17H2,1-4H3. The molecule has 0 unspecified atom stereocenters. The first-order valence-corrected chi connectivity index (χ1v) is 11.7. The molecule has 6 heteroatoms. The fourth-order valence-corrected chi connectivity index (χ4v) is 3.73. The maximum Gasteiger partial charge on any atom is 0.278 e. The highest BCUT2D eigenvalue weighted by atomic mass is 16.5. The molecule has 0 saturated heterocycles. The van der Waals surface area contributed by atoms with Crippen LogP contribution >= 0.6 is 0 Å². The number of hydrogen-bond donors (Lipinski definition) is 1. The fourth-order valence-electron chi connectivity index (χ4n) is 3.73. The van der Waals surface area contributed by atoms with Crippen LogP contribution in [-0.4, -0.2) is 43.1 Å². The Bertz CT molecular complexity index is 1010. The SMILES string of the molecule is CCCCOCCCN1C(=O)C(Nc2cc(C)ccc2C)=C(c2ccc(OCC)cc2)C1=O. The first-order chi connectivity index (χ1) is 16.0. The predicted octanol–water partition coefficient (Wildman–Crippen LogP) is 5.10. The number of rotatable bonds is 12. The third kappa shape index (κ3) is 6.02. The maximum absolute atomic E-state index is 13.4. The number of amides is 2. The molecule has 0 fully saturated rings. The third-order valence-corrected chi connectivity index (χ3v) is 5.59. The van der Waals surface area contributed by atoms with Gasteiger partial charge in [0.2, 0.25) is 0 Å². The second kappa shape index (κ2) is 11.7. The van der Waals surface area contributed by atoms with Gasteiger partial charge in [-0.2, -0.15) is 0 Å². The van der Waals surface area contributed by atoms with E-state index in [-0.39, 0.29) is 11.8 Å². The molecule has 0 radical (unpaired) electrons. The van der Waals surface area contributed by atoms with E-state index in [1.54, 1.807) is 0 Å². The molecule has 3 rings (SSSR count). The quantitative estimate of drug-likeness (QED) is 0.360. The molecule has 0 aliphatic carbocycles. The smallest absolute Gasteiger partial charge is 0.278 e. The van der Waals surface area contributed by atoms with Crippen molar-refractivity contribution >= 4 is 23.1 Å². The summed E-state index contributed by atoms with van der Waals surface area (Å²) in [6.45, 7) is 10.1. The lowest BCUT2D eigenvalue weighted by atomic mass is 10.0. The van der Waals surface area contributed by atoms with Crippen LogP contribution in [0.1, 0.15) is 49.8 Å². The van der Waals surface area contributed by atoms with E-state index in [0.717, 1.165) is 35.4 Å². The van der Waals surface area contributed by atoms with E-state index in [0.29, 0.717) is 49.6 Å². The van der Waals surface area contributed by atoms with Gasteiger partial charge in [-0.25, -0.2) is 0 Å². The van der Waals surface area contributed by atoms with E-state index < -0.39 is 0 Å². The van der Waals surface area contributed by atoms with Crippen LogP contribution in [-0.2, 0) is 14.3 Å². The Kier molecular flexibility index (Phi) is 8.66. The van der Waals surface area contributed by atoms with Gasteiger partial charge in [-0.15, -0.1) is 0 Å². The van der Waals surface area contributed by atoms with Gasteiger partial charge in [0, 0.05) is 25.4 Å². The number of carbonyl (C=O) groups excluding carboxylic acids is 2. The molecule has 1 heterocycles. The monoisotopic (exact) mass is 450 g/mol. The zero-order valence-corrected chi connectivity index (χ0v) is 20.1. The van der Waals surface area contributed by atoms with Gasteiger partial charge in [-0.1, -0.05) is 37.6 Å². The molecule has 2 amide bonds. The lowest BCUT2D eigenvalue weighted by Crippen LogP contribution is -2.34. The van der Waals surface area contributed by atoms with Gasteiger partial charge in [0.15, 0.2) is 0 Å². The molecule has 0 aromatic heterocycles. The van der Waals surface area contributed by atoms with Gasteiger partial charge >= 0.3 is 0 Å². The third-order valence-electron chi connectivity index (χ3n) is 5.59. The average molecular weight is 451 g/mol. The first kappa shape index (κ1) is 24.5. The van der Waals surface area contributed by atoms with Gasteiger partial charge in [0.25, 0.3) is 11.8 Å². The summed E-state index contributed by atoms with van der Waals surface area (Å²) < 4.78 is 11.1. The fraction of sp³-hybridized carbons (Fsp3) is 0.407. The number of benzene rings is 2. The highest BCUT2D eigenvalue weighted by Crippen LogP contribution is 2.32. The number of unbranched alkanes of at least 4 members (excludes halogenated alkanes) is 1. The molecule has 33 heavy (non-hydrogen) atoms. The van der Waals surface area contributed by atoms with Crippen LogP contribution in [0, 0.1) is 13.8 Å². The molecule has 176 valence electrons. The Morgan fingerprint density at radius 1 is 0.909 bits per heavy atom. The van der Waals surface area contributed by atoms with Gasteiger partial charge in [-0.05, 0) is 68.5 Å². The lowest BCUT2D eigenvalue weighted by Gasteiger charge is -2.16. The second-order valence-electron chi connectivity index (χ2n) is 8.23. The molecular weight excluding hydrogens is 416 g/mol. The van der Waals surface area contributed by atoms with Crippen molar-refractivity contribution in [3.05, 3.63) is 64.9 Å². The molecule has 2 aromatic rings. The van der Waals surface area contributed by atoms with Crippen molar-refractivity contribution in [3.8, 4) is 5.75 Å². The number of aryl methyl sites for hydroxylation is 2. The van der Waals surface area contributed by atoms with E-state index in [1.807, 2.05) is 63.2 Å². The van der Waals surface area contributed by atoms with Gasteiger partial charge in [-0.3, -0.25) is 14.5 Å². The molecule has 1 aliphatic heterocycles. The zero-order chi connectivity index (χ0) is 23.8. The molecule has 1 aliphatic rings. The summed E-state index contributed by atoms with van der Waals surface area (Å²) in [7, 11) is 0. The second-order valence-corrected chi connectivity index (χ2v) is 8.23. The van der Waals surface area contributed by atoms with Crippen molar-refractivity contribution in [3.63, 3.8) is 0 Å². The molecule has 0 spiro atoms. The van der Waals surface area contributed by atoms with Gasteiger partial charge in [0.1, 0.15) is 11.4 Å². The summed E-state index contributed by atoms with van der Waals surface area (Å²) in [6.07, 6.45) is 2.69. The van der Waals surface area contributed by atoms with Crippen molar-refractivity contribution in [2.24, 2.45) is 0 Å². The summed E-state index contributed by atoms with van der Waals surface area (Å²) in [5.74, 6) is 0.132. The minimum atomic E-state index is -0.307. The van der Waals surface area contributed by atoms with Crippen molar-refractivity contribution < 1.29 is 19.1 Å². The van der Waals surface area contributed by atoms with Gasteiger partial charge in [0.05, 0.1) is 12.2 Å². The number of carbonyl (C=O) groups is 2. The number of nitrogens with one attached hydrogen (secondary N) is 1. The number of hydrogen-bond acceptors (Lipinski definition) is 5. The van der Waals surface area contributed by atoms with Crippen molar-refractivity contribution in [2.75, 3.05) is 31.7 Å². The van der Waals surface area contributed by atoms with Crippen LogP contribution in [0.3, 0.4) is 0 Å². The summed E-state index contributed by atoms with van der Waals surface area (Å²) in [5, 5.41) is 3.27. The summed E-state index contributed by atoms with van der Waals surface area (Å²) in [6, 6.07) is 13.3. The average Bonchev–Trinajstić information content (AvgIpc) is 3.03. The first-order valence-electron chi connectivity index (χ1n) is 11.7. The maximum atomic E-state index is 13.4. The highest BCUT2D eigenvalue weighted by Gasteiger charge is 2.39. The summed E-state index contributed by atoms with van der Waals surface area (Å²) in [5.41, 5.74) is 4.28. The highest BCUT2D eigenvalue weighted by molar-refractivity contribution is 6.36. The number of anilines is 1. The van der Waals surface area contributed by atoms with Crippen LogP contribution in [0.2, 0.25) is 0 Å². The Hall–Kier alpha value is -3.12. The molecule has 0 bridgehead atoms. The number of imide groups is 1. The zero-order valence-electron chi connectivity index (χ0n) is 20.1. The summed E-state index contributed by atoms with van der Waals surface area (Å²) in [4.78, 5) is 28.1. The Labute approximate surface area is 196 Å². The van der Waals surface area contributed by atoms with E-state index in [9.17, 15) is 9.59 Å². The topological polar surface area (TPSA) is 67.9 Å². The van der Waals surface area contributed by atoms with Crippen LogP contribution < -0.4 is 10.1 Å². The van der Waals surface area contributed by atoms with Gasteiger partial charge < -0.3 is 14.8 Å². The van der Waals surface area contributed by atoms with Crippen LogP contribution in [0.15, 0.2) is 48.2 Å². The Morgan fingerprint density at radius 3 is 2.33 bits per heavy atom. The van der Waals surface area contributed by atoms with Crippen LogP contribution in [0.4, 0.5) is 5.69 Å². The lowest BCUT2D eigenvalue weighted by molar-refractivity contribution is -0.137. The normalized spacial score (nSPS) is 13.8. The molecule has 1 N–H and O–H groups in total. The van der Waals surface area contributed by atoms with Crippen LogP contribution in [0.5, 0.6) is 5.75 Å².